The molecule has 0 aliphatic heterocycles. The summed E-state index contributed by atoms with van der Waals surface area (Å²) in [4.78, 5) is 15.3. The summed E-state index contributed by atoms with van der Waals surface area (Å²) in [6.07, 6.45) is 0.532. The highest BCUT2D eigenvalue weighted by Crippen LogP contribution is 2.18. The lowest BCUT2D eigenvalue weighted by Gasteiger charge is -2.19. The van der Waals surface area contributed by atoms with E-state index in [1.165, 1.54) is 6.20 Å². The van der Waals surface area contributed by atoms with Gasteiger partial charge in [-0.3, -0.25) is 5.32 Å². The molecule has 0 saturated carbocycles. The molecule has 0 bridgehead atoms. The third kappa shape index (κ3) is 4.57. The Balaban J connectivity index is 2.69. The number of nitrogens with one attached hydrogen (secondary N) is 1. The summed E-state index contributed by atoms with van der Waals surface area (Å²) in [7, 11) is 0. The first-order chi connectivity index (χ1) is 8.31. The number of carbonyl (C=O) groups is 1. The van der Waals surface area contributed by atoms with Gasteiger partial charge in [-0.2, -0.15) is 0 Å². The normalized spacial score (nSPS) is 10.9. The van der Waals surface area contributed by atoms with Crippen molar-refractivity contribution in [3.05, 3.63) is 18.1 Å². The second-order valence-electron chi connectivity index (χ2n) is 4.56. The maximum Gasteiger partial charge on any atom is 0.413 e. The monoisotopic (exact) mass is 256 g/mol. The minimum absolute atomic E-state index is 0.0484. The Kier molecular flexibility index (Phi) is 4.47. The van der Waals surface area contributed by atoms with E-state index < -0.39 is 17.5 Å². The van der Waals surface area contributed by atoms with Crippen LogP contribution in [0.15, 0.2) is 12.3 Å². The van der Waals surface area contributed by atoms with Crippen LogP contribution in [0.1, 0.15) is 27.7 Å². The van der Waals surface area contributed by atoms with Gasteiger partial charge in [-0.05, 0) is 27.7 Å². The fraction of sp³-hybridized carbons (Fsp3) is 0.500. The van der Waals surface area contributed by atoms with Crippen molar-refractivity contribution in [2.24, 2.45) is 0 Å². The Morgan fingerprint density at radius 3 is 2.67 bits per heavy atom. The van der Waals surface area contributed by atoms with Gasteiger partial charge in [-0.1, -0.05) is 0 Å². The molecule has 0 aliphatic carbocycles. The van der Waals surface area contributed by atoms with Crippen LogP contribution in [0.5, 0.6) is 5.75 Å². The first-order valence-electron chi connectivity index (χ1n) is 5.60. The number of aromatic nitrogens is 1. The lowest BCUT2D eigenvalue weighted by atomic mass is 10.2. The molecule has 18 heavy (non-hydrogen) atoms. The molecule has 1 N–H and O–H groups in total. The summed E-state index contributed by atoms with van der Waals surface area (Å²) in [5.41, 5.74) is -0.617. The zero-order valence-corrected chi connectivity index (χ0v) is 10.9. The lowest BCUT2D eigenvalue weighted by Crippen LogP contribution is -2.27. The highest BCUT2D eigenvalue weighted by molar-refractivity contribution is 5.83. The number of rotatable bonds is 3. The Labute approximate surface area is 105 Å². The van der Waals surface area contributed by atoms with E-state index in [4.69, 9.17) is 9.47 Å². The van der Waals surface area contributed by atoms with Crippen LogP contribution in [0.4, 0.5) is 15.0 Å². The van der Waals surface area contributed by atoms with E-state index >= 15 is 0 Å². The van der Waals surface area contributed by atoms with Crippen molar-refractivity contribution >= 4 is 11.9 Å². The van der Waals surface area contributed by atoms with Gasteiger partial charge < -0.3 is 9.47 Å². The molecule has 100 valence electrons. The van der Waals surface area contributed by atoms with E-state index in [2.05, 4.69) is 10.3 Å². The van der Waals surface area contributed by atoms with Gasteiger partial charge in [0.15, 0.2) is 11.6 Å². The molecule has 0 unspecified atom stereocenters. The molecule has 1 amide bonds. The highest BCUT2D eigenvalue weighted by Gasteiger charge is 2.17. The van der Waals surface area contributed by atoms with Crippen molar-refractivity contribution in [3.8, 4) is 5.75 Å². The summed E-state index contributed by atoms with van der Waals surface area (Å²) in [5, 5.41) is 2.34. The average molecular weight is 256 g/mol. The predicted molar refractivity (Wildman–Crippen MR) is 65.2 cm³/mol. The minimum Gasteiger partial charge on any atom is -0.489 e. The van der Waals surface area contributed by atoms with Gasteiger partial charge in [-0.25, -0.2) is 14.2 Å². The Bertz CT molecular complexity index is 430. The number of halogens is 1. The van der Waals surface area contributed by atoms with Crippen molar-refractivity contribution in [1.29, 1.82) is 0 Å². The van der Waals surface area contributed by atoms with Gasteiger partial charge in [0.05, 0.1) is 12.8 Å². The molecule has 0 fully saturated rings. The molecule has 0 aromatic carbocycles. The van der Waals surface area contributed by atoms with Crippen LogP contribution in [0.3, 0.4) is 0 Å². The number of hydrogen-bond donors (Lipinski definition) is 1. The number of pyridine rings is 1. The molecule has 1 aromatic rings. The molecule has 0 spiro atoms. The first kappa shape index (κ1) is 14.2. The van der Waals surface area contributed by atoms with Crippen molar-refractivity contribution in [1.82, 2.24) is 4.98 Å². The molecular weight excluding hydrogens is 239 g/mol. The number of amides is 1. The van der Waals surface area contributed by atoms with E-state index in [0.29, 0.717) is 6.61 Å². The molecular formula is C12H17FN2O3. The highest BCUT2D eigenvalue weighted by atomic mass is 19.1. The minimum atomic E-state index is -0.682. The Morgan fingerprint density at radius 1 is 1.50 bits per heavy atom. The van der Waals surface area contributed by atoms with Crippen LogP contribution in [0.25, 0.3) is 0 Å². The summed E-state index contributed by atoms with van der Waals surface area (Å²) >= 11 is 0. The van der Waals surface area contributed by atoms with Crippen LogP contribution >= 0.6 is 0 Å². The average Bonchev–Trinajstić information content (AvgIpc) is 2.19. The van der Waals surface area contributed by atoms with E-state index in [0.717, 1.165) is 6.07 Å². The first-order valence-corrected chi connectivity index (χ1v) is 5.60. The summed E-state index contributed by atoms with van der Waals surface area (Å²) in [6, 6.07) is 1.08. The van der Waals surface area contributed by atoms with Crippen molar-refractivity contribution in [2.45, 2.75) is 33.3 Å². The van der Waals surface area contributed by atoms with Crippen LogP contribution in [-0.2, 0) is 4.74 Å². The maximum atomic E-state index is 13.5. The van der Waals surface area contributed by atoms with E-state index in [9.17, 15) is 9.18 Å². The number of ether oxygens (including phenoxy) is 2. The number of anilines is 1. The zero-order chi connectivity index (χ0) is 13.8. The van der Waals surface area contributed by atoms with Crippen LogP contribution in [0.2, 0.25) is 0 Å². The van der Waals surface area contributed by atoms with Gasteiger partial charge in [0.1, 0.15) is 11.4 Å². The summed E-state index contributed by atoms with van der Waals surface area (Å²) in [5.74, 6) is -0.463. The summed E-state index contributed by atoms with van der Waals surface area (Å²) in [6.45, 7) is 7.29. The molecule has 0 radical (unpaired) electrons. The van der Waals surface area contributed by atoms with Gasteiger partial charge in [0.25, 0.3) is 0 Å². The Hall–Kier alpha value is -1.85. The standard InChI is InChI=1S/C12H17FN2O3/c1-5-17-9-7-14-10(6-8(9)13)15-11(16)18-12(2,3)4/h6-7H,5H2,1-4H3,(H,14,15,16). The topological polar surface area (TPSA) is 60.5 Å². The van der Waals surface area contributed by atoms with E-state index in [1.807, 2.05) is 0 Å². The number of hydrogen-bond acceptors (Lipinski definition) is 4. The third-order valence-corrected chi connectivity index (χ3v) is 1.75. The fourth-order valence-electron chi connectivity index (χ4n) is 1.16. The largest absolute Gasteiger partial charge is 0.489 e. The molecule has 0 atom stereocenters. The molecule has 0 aliphatic rings. The zero-order valence-electron chi connectivity index (χ0n) is 10.9. The van der Waals surface area contributed by atoms with Gasteiger partial charge in [-0.15, -0.1) is 0 Å². The van der Waals surface area contributed by atoms with Gasteiger partial charge in [0, 0.05) is 6.07 Å². The second-order valence-corrected chi connectivity index (χ2v) is 4.56. The number of nitrogens with zero attached hydrogens (tertiary/aromatic N) is 1. The van der Waals surface area contributed by atoms with E-state index in [1.54, 1.807) is 27.7 Å². The number of carbonyl (C=O) groups excluding carboxylic acids is 1. The molecule has 1 aromatic heterocycles. The third-order valence-electron chi connectivity index (χ3n) is 1.75. The molecule has 5 nitrogen and oxygen atoms in total. The second kappa shape index (κ2) is 5.66. The van der Waals surface area contributed by atoms with Crippen molar-refractivity contribution in [3.63, 3.8) is 0 Å². The molecule has 1 rings (SSSR count). The molecule has 6 heteroatoms. The van der Waals surface area contributed by atoms with Crippen molar-refractivity contribution in [2.75, 3.05) is 11.9 Å². The smallest absolute Gasteiger partial charge is 0.413 e. The molecule has 1 heterocycles. The van der Waals surface area contributed by atoms with Crippen molar-refractivity contribution < 1.29 is 18.7 Å². The van der Waals surface area contributed by atoms with E-state index in [-0.39, 0.29) is 11.6 Å². The maximum absolute atomic E-state index is 13.5. The SMILES string of the molecule is CCOc1cnc(NC(=O)OC(C)(C)C)cc1F. The predicted octanol–water partition coefficient (Wildman–Crippen LogP) is 2.97. The Morgan fingerprint density at radius 2 is 2.17 bits per heavy atom. The van der Waals surface area contributed by atoms with Crippen LogP contribution in [-0.4, -0.2) is 23.3 Å². The van der Waals surface area contributed by atoms with Crippen LogP contribution < -0.4 is 10.1 Å². The fourth-order valence-corrected chi connectivity index (χ4v) is 1.16. The van der Waals surface area contributed by atoms with Crippen LogP contribution in [0, 0.1) is 5.82 Å². The summed E-state index contributed by atoms with van der Waals surface area (Å²) < 4.78 is 23.5. The lowest BCUT2D eigenvalue weighted by molar-refractivity contribution is 0.0635. The van der Waals surface area contributed by atoms with Gasteiger partial charge >= 0.3 is 6.09 Å². The molecule has 0 saturated heterocycles. The van der Waals surface area contributed by atoms with Gasteiger partial charge in [0.2, 0.25) is 0 Å². The quantitative estimate of drug-likeness (QED) is 0.903.